The van der Waals surface area contributed by atoms with E-state index < -0.39 is 0 Å². The highest BCUT2D eigenvalue weighted by atomic mass is 79.9. The average Bonchev–Trinajstić information content (AvgIpc) is 2.40. The first-order chi connectivity index (χ1) is 8.72. The summed E-state index contributed by atoms with van der Waals surface area (Å²) in [6.45, 7) is 5.09. The highest BCUT2D eigenvalue weighted by Gasteiger charge is 2.13. The van der Waals surface area contributed by atoms with E-state index in [0.717, 1.165) is 16.6 Å². The number of rotatable bonds is 4. The van der Waals surface area contributed by atoms with Crippen LogP contribution in [0.3, 0.4) is 0 Å². The summed E-state index contributed by atoms with van der Waals surface area (Å²) >= 11 is 3.53. The average molecular weight is 306 g/mol. The van der Waals surface area contributed by atoms with Crippen molar-refractivity contribution in [2.45, 2.75) is 19.9 Å². The van der Waals surface area contributed by atoms with E-state index in [-0.39, 0.29) is 6.04 Å². The molecule has 18 heavy (non-hydrogen) atoms. The normalized spacial score (nSPS) is 12.4. The van der Waals surface area contributed by atoms with Crippen LogP contribution in [0.5, 0.6) is 0 Å². The molecule has 4 heteroatoms. The molecule has 0 aliphatic rings. The van der Waals surface area contributed by atoms with Crippen LogP contribution in [0.1, 0.15) is 29.7 Å². The lowest BCUT2D eigenvalue weighted by molar-refractivity contribution is 0.625. The van der Waals surface area contributed by atoms with E-state index in [1.807, 2.05) is 12.4 Å². The third-order valence-electron chi connectivity index (χ3n) is 2.84. The summed E-state index contributed by atoms with van der Waals surface area (Å²) in [6, 6.07) is 6.53. The van der Waals surface area contributed by atoms with Gasteiger partial charge in [0, 0.05) is 22.4 Å². The molecule has 0 fully saturated rings. The molecule has 1 N–H and O–H groups in total. The smallest absolute Gasteiger partial charge is 0.115 e. The predicted octanol–water partition coefficient (Wildman–Crippen LogP) is 3.25. The SMILES string of the molecule is CCNC(c1cncnc1)c1ccc(Br)c(C)c1. The molecule has 0 saturated heterocycles. The summed E-state index contributed by atoms with van der Waals surface area (Å²) in [5.41, 5.74) is 3.54. The molecule has 94 valence electrons. The van der Waals surface area contributed by atoms with Crippen molar-refractivity contribution in [2.75, 3.05) is 6.54 Å². The minimum absolute atomic E-state index is 0.142. The van der Waals surface area contributed by atoms with Crippen molar-refractivity contribution >= 4 is 15.9 Å². The Hall–Kier alpha value is -1.26. The third kappa shape index (κ3) is 2.94. The Labute approximate surface area is 116 Å². The Kier molecular flexibility index (Phi) is 4.44. The Balaban J connectivity index is 2.38. The standard InChI is InChI=1S/C14H16BrN3/c1-3-18-14(12-7-16-9-17-8-12)11-4-5-13(15)10(2)6-11/h4-9,14,18H,3H2,1-2H3. The van der Waals surface area contributed by atoms with Crippen LogP contribution in [-0.2, 0) is 0 Å². The number of hydrogen-bond donors (Lipinski definition) is 1. The van der Waals surface area contributed by atoms with Crippen LogP contribution in [0.4, 0.5) is 0 Å². The van der Waals surface area contributed by atoms with Crippen molar-refractivity contribution in [2.24, 2.45) is 0 Å². The summed E-state index contributed by atoms with van der Waals surface area (Å²) in [5, 5.41) is 3.47. The molecule has 1 unspecified atom stereocenters. The predicted molar refractivity (Wildman–Crippen MR) is 76.4 cm³/mol. The summed E-state index contributed by atoms with van der Waals surface area (Å²) in [7, 11) is 0. The lowest BCUT2D eigenvalue weighted by Crippen LogP contribution is -2.22. The van der Waals surface area contributed by atoms with Crippen LogP contribution >= 0.6 is 15.9 Å². The van der Waals surface area contributed by atoms with Gasteiger partial charge in [0.05, 0.1) is 6.04 Å². The maximum absolute atomic E-state index is 4.09. The molecule has 0 bridgehead atoms. The fourth-order valence-corrected chi connectivity index (χ4v) is 2.19. The first-order valence-electron chi connectivity index (χ1n) is 5.96. The summed E-state index contributed by atoms with van der Waals surface area (Å²) < 4.78 is 1.13. The molecule has 2 rings (SSSR count). The maximum Gasteiger partial charge on any atom is 0.115 e. The number of aromatic nitrogens is 2. The fourth-order valence-electron chi connectivity index (χ4n) is 1.94. The largest absolute Gasteiger partial charge is 0.306 e. The van der Waals surface area contributed by atoms with Gasteiger partial charge in [-0.15, -0.1) is 0 Å². The van der Waals surface area contributed by atoms with Crippen molar-refractivity contribution < 1.29 is 0 Å². The topological polar surface area (TPSA) is 37.8 Å². The van der Waals surface area contributed by atoms with Gasteiger partial charge >= 0.3 is 0 Å². The minimum Gasteiger partial charge on any atom is -0.306 e. The van der Waals surface area contributed by atoms with Gasteiger partial charge in [-0.3, -0.25) is 0 Å². The van der Waals surface area contributed by atoms with Gasteiger partial charge in [0.25, 0.3) is 0 Å². The number of hydrogen-bond acceptors (Lipinski definition) is 3. The summed E-state index contributed by atoms with van der Waals surface area (Å²) in [5.74, 6) is 0. The molecule has 1 atom stereocenters. The second-order valence-electron chi connectivity index (χ2n) is 4.17. The molecule has 0 aliphatic heterocycles. The van der Waals surface area contributed by atoms with Gasteiger partial charge in [-0.2, -0.15) is 0 Å². The Morgan fingerprint density at radius 2 is 1.94 bits per heavy atom. The van der Waals surface area contributed by atoms with E-state index in [0.29, 0.717) is 0 Å². The van der Waals surface area contributed by atoms with Crippen LogP contribution in [0.25, 0.3) is 0 Å². The van der Waals surface area contributed by atoms with Crippen LogP contribution in [0.15, 0.2) is 41.4 Å². The molecular weight excluding hydrogens is 290 g/mol. The number of halogens is 1. The molecule has 1 aromatic carbocycles. The van der Waals surface area contributed by atoms with Gasteiger partial charge in [0.1, 0.15) is 6.33 Å². The molecule has 1 heterocycles. The molecule has 1 aromatic heterocycles. The number of nitrogens with zero attached hydrogens (tertiary/aromatic N) is 2. The van der Waals surface area contributed by atoms with E-state index in [1.54, 1.807) is 6.33 Å². The van der Waals surface area contributed by atoms with E-state index in [1.165, 1.54) is 11.1 Å². The molecule has 3 nitrogen and oxygen atoms in total. The van der Waals surface area contributed by atoms with Crippen molar-refractivity contribution in [3.05, 3.63) is 58.1 Å². The molecule has 2 aromatic rings. The number of benzene rings is 1. The second kappa shape index (κ2) is 6.07. The van der Waals surface area contributed by atoms with Gasteiger partial charge in [0.15, 0.2) is 0 Å². The molecule has 0 saturated carbocycles. The number of nitrogens with one attached hydrogen (secondary N) is 1. The zero-order valence-electron chi connectivity index (χ0n) is 10.5. The third-order valence-corrected chi connectivity index (χ3v) is 3.73. The van der Waals surface area contributed by atoms with E-state index in [2.05, 4.69) is 63.3 Å². The van der Waals surface area contributed by atoms with E-state index in [4.69, 9.17) is 0 Å². The zero-order valence-corrected chi connectivity index (χ0v) is 12.1. The van der Waals surface area contributed by atoms with Crippen molar-refractivity contribution in [3.8, 4) is 0 Å². The molecule has 0 radical (unpaired) electrons. The lowest BCUT2D eigenvalue weighted by atomic mass is 9.99. The highest BCUT2D eigenvalue weighted by Crippen LogP contribution is 2.25. The molecular formula is C14H16BrN3. The van der Waals surface area contributed by atoms with Gasteiger partial charge in [0.2, 0.25) is 0 Å². The zero-order chi connectivity index (χ0) is 13.0. The maximum atomic E-state index is 4.09. The van der Waals surface area contributed by atoms with Gasteiger partial charge < -0.3 is 5.32 Å². The summed E-state index contributed by atoms with van der Waals surface area (Å²) in [6.07, 6.45) is 5.27. The molecule has 0 amide bonds. The first kappa shape index (κ1) is 13.2. The Bertz CT molecular complexity index is 514. The van der Waals surface area contributed by atoms with Gasteiger partial charge in [-0.1, -0.05) is 35.0 Å². The second-order valence-corrected chi connectivity index (χ2v) is 5.03. The fraction of sp³-hybridized carbons (Fsp3) is 0.286. The van der Waals surface area contributed by atoms with Crippen molar-refractivity contribution in [3.63, 3.8) is 0 Å². The monoisotopic (exact) mass is 305 g/mol. The van der Waals surface area contributed by atoms with Crippen LogP contribution in [-0.4, -0.2) is 16.5 Å². The number of aryl methyl sites for hydroxylation is 1. The highest BCUT2D eigenvalue weighted by molar-refractivity contribution is 9.10. The Morgan fingerprint density at radius 1 is 1.22 bits per heavy atom. The van der Waals surface area contributed by atoms with Crippen molar-refractivity contribution in [1.29, 1.82) is 0 Å². The van der Waals surface area contributed by atoms with Gasteiger partial charge in [-0.05, 0) is 30.7 Å². The minimum atomic E-state index is 0.142. The van der Waals surface area contributed by atoms with E-state index >= 15 is 0 Å². The van der Waals surface area contributed by atoms with Crippen LogP contribution in [0.2, 0.25) is 0 Å². The first-order valence-corrected chi connectivity index (χ1v) is 6.76. The van der Waals surface area contributed by atoms with Crippen LogP contribution in [0, 0.1) is 6.92 Å². The summed E-state index contributed by atoms with van der Waals surface area (Å²) in [4.78, 5) is 8.19. The lowest BCUT2D eigenvalue weighted by Gasteiger charge is -2.19. The van der Waals surface area contributed by atoms with Crippen LogP contribution < -0.4 is 5.32 Å². The van der Waals surface area contributed by atoms with Crippen molar-refractivity contribution in [1.82, 2.24) is 15.3 Å². The molecule has 0 spiro atoms. The molecule has 0 aliphatic carbocycles. The Morgan fingerprint density at radius 3 is 2.56 bits per heavy atom. The van der Waals surface area contributed by atoms with Gasteiger partial charge in [-0.25, -0.2) is 9.97 Å². The quantitative estimate of drug-likeness (QED) is 0.942. The van der Waals surface area contributed by atoms with E-state index in [9.17, 15) is 0 Å².